The molecule has 572 valence electrons. The molecule has 0 fully saturated rings. The highest BCUT2D eigenvalue weighted by Gasteiger charge is 2.30. The first-order valence-corrected chi connectivity index (χ1v) is 42.9. The normalized spacial score (nSPS) is 14.7. The number of aliphatic hydroxyl groups is 1. The molecule has 19 heteroatoms. The van der Waals surface area contributed by atoms with Crippen molar-refractivity contribution in [1.82, 2.24) is 0 Å². The van der Waals surface area contributed by atoms with Crippen LogP contribution in [-0.4, -0.2) is 96.7 Å². The van der Waals surface area contributed by atoms with Crippen LogP contribution < -0.4 is 0 Å². The fourth-order valence-corrected chi connectivity index (χ4v) is 13.0. The second-order valence-electron chi connectivity index (χ2n) is 27.9. The predicted octanol–water partition coefficient (Wildman–Crippen LogP) is 22.7. The van der Waals surface area contributed by atoms with E-state index in [0.717, 1.165) is 121 Å². The molecule has 3 N–H and O–H groups in total. The van der Waals surface area contributed by atoms with Gasteiger partial charge in [-0.1, -0.05) is 329 Å². The standard InChI is InChI=1S/C78H148O17P2/c1-7-11-13-15-17-19-21-22-23-27-30-37-43-49-55-61-76(81)89-67-74(94-77(82)62-56-50-44-38-31-28-25-24-26-29-34-40-46-52-58-70(5)9-3)69-93-97(86,87)91-65-72(79)64-90-96(84,85)92-68-73(66-88-75(80)60-54-48-42-36-20-18-16-14-12-8-2)95-78(83)63-57-51-45-39-33-32-35-41-47-53-59-71(6)10-4/h19,21-23,70-74,79H,7-18,20,24-69H2,1-6H3,(H,84,85)(H,86,87)/b21-19-,23-22-/t70?,71?,72-,73+,74+/m0/s1. The zero-order valence-electron chi connectivity index (χ0n) is 62.9. The lowest BCUT2D eigenvalue weighted by Gasteiger charge is -2.21. The molecule has 97 heavy (non-hydrogen) atoms. The maximum absolute atomic E-state index is 13.1. The number of hydrogen-bond acceptors (Lipinski definition) is 15. The number of hydrogen-bond donors (Lipinski definition) is 3. The van der Waals surface area contributed by atoms with Gasteiger partial charge in [0, 0.05) is 25.7 Å². The summed E-state index contributed by atoms with van der Waals surface area (Å²) in [6, 6.07) is 0. The minimum absolute atomic E-state index is 0.101. The van der Waals surface area contributed by atoms with Crippen LogP contribution >= 0.6 is 15.6 Å². The molecule has 0 radical (unpaired) electrons. The molecule has 0 saturated heterocycles. The van der Waals surface area contributed by atoms with Crippen molar-refractivity contribution in [1.29, 1.82) is 0 Å². The van der Waals surface area contributed by atoms with Gasteiger partial charge in [-0.3, -0.25) is 37.3 Å². The monoisotopic (exact) mass is 1420 g/mol. The second kappa shape index (κ2) is 69.3. The van der Waals surface area contributed by atoms with E-state index in [9.17, 15) is 43.2 Å². The van der Waals surface area contributed by atoms with Crippen molar-refractivity contribution >= 4 is 39.5 Å². The number of ether oxygens (including phenoxy) is 4. The number of carbonyl (C=O) groups is 4. The maximum atomic E-state index is 13.1. The third kappa shape index (κ3) is 69.1. The van der Waals surface area contributed by atoms with Crippen LogP contribution in [0.25, 0.3) is 0 Å². The quantitative estimate of drug-likeness (QED) is 0.0169. The molecule has 0 aromatic rings. The first-order chi connectivity index (χ1) is 46.9. The average molecular weight is 1420 g/mol. The number of carbonyl (C=O) groups excluding carboxylic acids is 4. The summed E-state index contributed by atoms with van der Waals surface area (Å²) in [6.45, 7) is 9.61. The Morgan fingerprint density at radius 3 is 0.876 bits per heavy atom. The first-order valence-electron chi connectivity index (χ1n) is 39.9. The molecule has 0 aliphatic heterocycles. The van der Waals surface area contributed by atoms with Crippen LogP contribution in [0.4, 0.5) is 0 Å². The maximum Gasteiger partial charge on any atom is 0.472 e. The van der Waals surface area contributed by atoms with Gasteiger partial charge in [-0.25, -0.2) is 9.13 Å². The Morgan fingerprint density at radius 2 is 0.577 bits per heavy atom. The molecule has 0 aliphatic rings. The molecular weight excluding hydrogens is 1270 g/mol. The third-order valence-corrected chi connectivity index (χ3v) is 20.2. The molecule has 0 bridgehead atoms. The van der Waals surface area contributed by atoms with Gasteiger partial charge in [0.05, 0.1) is 26.4 Å². The Bertz CT molecular complexity index is 1970. The van der Waals surface area contributed by atoms with Crippen LogP contribution in [0.3, 0.4) is 0 Å². The van der Waals surface area contributed by atoms with Gasteiger partial charge in [-0.2, -0.15) is 0 Å². The first kappa shape index (κ1) is 94.5. The largest absolute Gasteiger partial charge is 0.472 e. The van der Waals surface area contributed by atoms with Crippen LogP contribution in [0.15, 0.2) is 24.3 Å². The van der Waals surface area contributed by atoms with E-state index in [-0.39, 0.29) is 25.7 Å². The topological polar surface area (TPSA) is 237 Å². The van der Waals surface area contributed by atoms with Crippen LogP contribution in [0, 0.1) is 11.8 Å². The zero-order chi connectivity index (χ0) is 71.4. The van der Waals surface area contributed by atoms with Crippen molar-refractivity contribution < 1.29 is 80.2 Å². The SMILES string of the molecule is CCCCCC/C=C\C=C/CCCCCCCC(=O)OC[C@H](COP(=O)(O)OC[C@@H](O)COP(=O)(O)OC[C@@H](COC(=O)CCCCCCCCCCCC)OC(=O)CCCCCCCCCCCCC(C)CC)OC(=O)CCCCCCCCCCCCCCCCC(C)CC. The number of unbranched alkanes of at least 4 members (excludes halogenated alkanes) is 40. The van der Waals surface area contributed by atoms with Gasteiger partial charge in [0.1, 0.15) is 19.3 Å². The summed E-state index contributed by atoms with van der Waals surface area (Å²) in [4.78, 5) is 72.9. The molecule has 0 aromatic carbocycles. The van der Waals surface area contributed by atoms with Crippen molar-refractivity contribution in [3.05, 3.63) is 24.3 Å². The summed E-state index contributed by atoms with van der Waals surface area (Å²) in [5, 5.41) is 10.6. The third-order valence-electron chi connectivity index (χ3n) is 18.3. The van der Waals surface area contributed by atoms with Crippen molar-refractivity contribution in [2.75, 3.05) is 39.6 Å². The van der Waals surface area contributed by atoms with Gasteiger partial charge in [-0.05, 0) is 63.2 Å². The number of aliphatic hydroxyl groups excluding tert-OH is 1. The van der Waals surface area contributed by atoms with Gasteiger partial charge in [0.15, 0.2) is 12.2 Å². The van der Waals surface area contributed by atoms with E-state index in [1.165, 1.54) is 180 Å². The molecule has 7 atom stereocenters. The van der Waals surface area contributed by atoms with Crippen molar-refractivity contribution in [2.24, 2.45) is 11.8 Å². The summed E-state index contributed by atoms with van der Waals surface area (Å²) >= 11 is 0. The Balaban J connectivity index is 5.29. The Morgan fingerprint density at radius 1 is 0.330 bits per heavy atom. The predicted molar refractivity (Wildman–Crippen MR) is 395 cm³/mol. The number of rotatable bonds is 75. The molecule has 17 nitrogen and oxygen atoms in total. The summed E-state index contributed by atoms with van der Waals surface area (Å²) in [5.74, 6) is -0.498. The molecule has 0 aliphatic carbocycles. The smallest absolute Gasteiger partial charge is 0.462 e. The lowest BCUT2D eigenvalue weighted by molar-refractivity contribution is -0.161. The van der Waals surface area contributed by atoms with E-state index in [4.69, 9.17) is 37.0 Å². The molecule has 0 aromatic heterocycles. The van der Waals surface area contributed by atoms with Gasteiger partial charge in [-0.15, -0.1) is 0 Å². The van der Waals surface area contributed by atoms with Crippen LogP contribution in [0.5, 0.6) is 0 Å². The molecular formula is C78H148O17P2. The zero-order valence-corrected chi connectivity index (χ0v) is 64.7. The number of phosphoric acid groups is 2. The lowest BCUT2D eigenvalue weighted by Crippen LogP contribution is -2.30. The molecule has 0 heterocycles. The van der Waals surface area contributed by atoms with Gasteiger partial charge in [0.25, 0.3) is 0 Å². The van der Waals surface area contributed by atoms with E-state index in [1.807, 2.05) is 0 Å². The number of phosphoric ester groups is 2. The average Bonchev–Trinajstić information content (AvgIpc) is 1.80. The second-order valence-corrected chi connectivity index (χ2v) is 30.8. The lowest BCUT2D eigenvalue weighted by atomic mass is 9.99. The summed E-state index contributed by atoms with van der Waals surface area (Å²) in [7, 11) is -9.93. The van der Waals surface area contributed by atoms with E-state index in [1.54, 1.807) is 0 Å². The van der Waals surface area contributed by atoms with Gasteiger partial charge in [0.2, 0.25) is 0 Å². The van der Waals surface area contributed by atoms with E-state index in [0.29, 0.717) is 25.7 Å². The minimum Gasteiger partial charge on any atom is -0.462 e. The molecule has 0 rings (SSSR count). The highest BCUT2D eigenvalue weighted by Crippen LogP contribution is 2.45. The Hall–Kier alpha value is -2.46. The summed E-state index contributed by atoms with van der Waals surface area (Å²) in [6.07, 6.45) is 60.2. The molecule has 0 saturated carbocycles. The van der Waals surface area contributed by atoms with Gasteiger partial charge >= 0.3 is 39.5 Å². The number of esters is 4. The highest BCUT2D eigenvalue weighted by molar-refractivity contribution is 7.47. The van der Waals surface area contributed by atoms with E-state index >= 15 is 0 Å². The van der Waals surface area contributed by atoms with Crippen LogP contribution in [0.2, 0.25) is 0 Å². The van der Waals surface area contributed by atoms with Crippen LogP contribution in [0.1, 0.15) is 382 Å². The fraction of sp³-hybridized carbons (Fsp3) is 0.897. The fourth-order valence-electron chi connectivity index (χ4n) is 11.4. The van der Waals surface area contributed by atoms with Crippen molar-refractivity contribution in [3.63, 3.8) is 0 Å². The number of allylic oxidation sites excluding steroid dienone is 4. The minimum atomic E-state index is -4.97. The van der Waals surface area contributed by atoms with E-state index < -0.39 is 97.5 Å². The van der Waals surface area contributed by atoms with Crippen LogP contribution in [-0.2, 0) is 65.4 Å². The molecule has 0 amide bonds. The molecule has 0 spiro atoms. The highest BCUT2D eigenvalue weighted by atomic mass is 31.2. The Kier molecular flexibility index (Phi) is 67.5. The summed E-state index contributed by atoms with van der Waals surface area (Å²) < 4.78 is 68.6. The van der Waals surface area contributed by atoms with Crippen molar-refractivity contribution in [3.8, 4) is 0 Å². The summed E-state index contributed by atoms with van der Waals surface area (Å²) in [5.41, 5.74) is 0. The van der Waals surface area contributed by atoms with Gasteiger partial charge < -0.3 is 33.8 Å². The Labute approximate surface area is 592 Å². The van der Waals surface area contributed by atoms with E-state index in [2.05, 4.69) is 65.8 Å². The molecule has 4 unspecified atom stereocenters. The van der Waals surface area contributed by atoms with Crippen molar-refractivity contribution in [2.45, 2.75) is 400 Å².